The van der Waals surface area contributed by atoms with Gasteiger partial charge in [0.15, 0.2) is 5.11 Å². The minimum atomic E-state index is -3.65. The number of sulfonamides is 1. The summed E-state index contributed by atoms with van der Waals surface area (Å²) in [5.74, 6) is 0.789. The van der Waals surface area contributed by atoms with E-state index in [-0.39, 0.29) is 4.90 Å². The molecule has 1 aromatic carbocycles. The van der Waals surface area contributed by atoms with Gasteiger partial charge in [-0.2, -0.15) is 0 Å². The lowest BCUT2D eigenvalue weighted by molar-refractivity contribution is 0.502. The highest BCUT2D eigenvalue weighted by Gasteiger charge is 2.06. The number of nitrogens with one attached hydrogen (secondary N) is 2. The molecule has 0 aliphatic rings. The van der Waals surface area contributed by atoms with Crippen LogP contribution < -0.4 is 15.8 Å². The number of nitrogens with two attached hydrogens (primary N) is 1. The van der Waals surface area contributed by atoms with Crippen LogP contribution in [-0.2, 0) is 23.1 Å². The van der Waals surface area contributed by atoms with Crippen LogP contribution in [0.25, 0.3) is 0 Å². The van der Waals surface area contributed by atoms with Crippen LogP contribution in [0, 0.1) is 0 Å². The van der Waals surface area contributed by atoms with Crippen LogP contribution >= 0.6 is 12.2 Å². The Morgan fingerprint density at radius 2 is 1.81 bits per heavy atom. The molecule has 2 aromatic rings. The molecule has 0 saturated heterocycles. The van der Waals surface area contributed by atoms with E-state index in [1.165, 1.54) is 12.1 Å². The predicted octanol–water partition coefficient (Wildman–Crippen LogP) is 1.09. The Labute approximate surface area is 128 Å². The van der Waals surface area contributed by atoms with Gasteiger partial charge in [-0.25, -0.2) is 13.6 Å². The van der Waals surface area contributed by atoms with Crippen molar-refractivity contribution in [2.75, 3.05) is 0 Å². The zero-order valence-electron chi connectivity index (χ0n) is 11.1. The number of primary sulfonamides is 1. The van der Waals surface area contributed by atoms with Gasteiger partial charge in [0.2, 0.25) is 10.0 Å². The van der Waals surface area contributed by atoms with Crippen molar-refractivity contribution < 1.29 is 12.8 Å². The van der Waals surface area contributed by atoms with Crippen molar-refractivity contribution in [2.24, 2.45) is 5.14 Å². The van der Waals surface area contributed by atoms with Crippen molar-refractivity contribution in [1.82, 2.24) is 10.6 Å². The summed E-state index contributed by atoms with van der Waals surface area (Å²) in [5, 5.41) is 11.5. The van der Waals surface area contributed by atoms with E-state index in [0.29, 0.717) is 18.2 Å². The largest absolute Gasteiger partial charge is 0.467 e. The molecule has 0 aliphatic carbocycles. The lowest BCUT2D eigenvalue weighted by Crippen LogP contribution is -2.34. The van der Waals surface area contributed by atoms with E-state index in [4.69, 9.17) is 21.8 Å². The average molecular weight is 325 g/mol. The number of rotatable bonds is 5. The van der Waals surface area contributed by atoms with Crippen molar-refractivity contribution in [2.45, 2.75) is 18.0 Å². The Kier molecular flexibility index (Phi) is 4.94. The molecule has 21 heavy (non-hydrogen) atoms. The van der Waals surface area contributed by atoms with Crippen LogP contribution in [0.5, 0.6) is 0 Å². The van der Waals surface area contributed by atoms with Gasteiger partial charge in [-0.1, -0.05) is 12.1 Å². The maximum absolute atomic E-state index is 11.1. The van der Waals surface area contributed by atoms with Crippen LogP contribution in [0.2, 0.25) is 0 Å². The fraction of sp³-hybridized carbons (Fsp3) is 0.154. The van der Waals surface area contributed by atoms with Gasteiger partial charge in [0.1, 0.15) is 5.76 Å². The number of hydrogen-bond acceptors (Lipinski definition) is 4. The minimum absolute atomic E-state index is 0.0878. The highest BCUT2D eigenvalue weighted by atomic mass is 32.2. The summed E-state index contributed by atoms with van der Waals surface area (Å²) >= 11 is 5.13. The molecule has 0 amide bonds. The summed E-state index contributed by atoms with van der Waals surface area (Å²) < 4.78 is 27.4. The second-order valence-corrected chi connectivity index (χ2v) is 6.27. The molecule has 0 radical (unpaired) electrons. The second kappa shape index (κ2) is 6.70. The quantitative estimate of drug-likeness (QED) is 0.712. The second-order valence-electron chi connectivity index (χ2n) is 4.30. The van der Waals surface area contributed by atoms with Crippen molar-refractivity contribution in [3.05, 3.63) is 54.0 Å². The first kappa shape index (κ1) is 15.5. The van der Waals surface area contributed by atoms with Gasteiger partial charge in [0.05, 0.1) is 17.7 Å². The molecule has 0 aliphatic heterocycles. The molecule has 112 valence electrons. The number of thiocarbonyl (C=S) groups is 1. The Morgan fingerprint density at radius 1 is 1.14 bits per heavy atom. The number of hydrogen-bond donors (Lipinski definition) is 3. The van der Waals surface area contributed by atoms with Gasteiger partial charge in [-0.05, 0) is 42.0 Å². The van der Waals surface area contributed by atoms with Crippen LogP contribution in [-0.4, -0.2) is 13.5 Å². The average Bonchev–Trinajstić information content (AvgIpc) is 2.95. The van der Waals surface area contributed by atoms with E-state index in [1.807, 2.05) is 6.07 Å². The first-order valence-electron chi connectivity index (χ1n) is 6.11. The topological polar surface area (TPSA) is 97.4 Å². The number of furan rings is 1. The molecule has 0 unspecified atom stereocenters. The third-order valence-electron chi connectivity index (χ3n) is 2.71. The smallest absolute Gasteiger partial charge is 0.238 e. The van der Waals surface area contributed by atoms with Gasteiger partial charge >= 0.3 is 0 Å². The maximum Gasteiger partial charge on any atom is 0.238 e. The Balaban J connectivity index is 1.81. The summed E-state index contributed by atoms with van der Waals surface area (Å²) in [6.45, 7) is 0.984. The summed E-state index contributed by atoms with van der Waals surface area (Å²) in [7, 11) is -3.65. The van der Waals surface area contributed by atoms with Crippen molar-refractivity contribution in [1.29, 1.82) is 0 Å². The first-order chi connectivity index (χ1) is 9.95. The molecule has 0 bridgehead atoms. The molecule has 1 heterocycles. The van der Waals surface area contributed by atoms with Crippen LogP contribution in [0.3, 0.4) is 0 Å². The maximum atomic E-state index is 11.1. The van der Waals surface area contributed by atoms with E-state index in [1.54, 1.807) is 24.5 Å². The monoisotopic (exact) mass is 325 g/mol. The highest BCUT2D eigenvalue weighted by Crippen LogP contribution is 2.08. The summed E-state index contributed by atoms with van der Waals surface area (Å²) in [6.07, 6.45) is 1.60. The molecule has 0 spiro atoms. The van der Waals surface area contributed by atoms with E-state index >= 15 is 0 Å². The molecular formula is C13H15N3O3S2. The normalized spacial score (nSPS) is 11.1. The van der Waals surface area contributed by atoms with Crippen molar-refractivity contribution >= 4 is 27.4 Å². The van der Waals surface area contributed by atoms with Gasteiger partial charge in [0, 0.05) is 6.54 Å². The predicted molar refractivity (Wildman–Crippen MR) is 82.8 cm³/mol. The minimum Gasteiger partial charge on any atom is -0.467 e. The zero-order valence-corrected chi connectivity index (χ0v) is 12.7. The summed E-state index contributed by atoms with van der Waals surface area (Å²) in [5.41, 5.74) is 0.893. The Bertz CT molecular complexity index is 695. The Hall–Kier alpha value is -1.90. The summed E-state index contributed by atoms with van der Waals surface area (Å²) in [4.78, 5) is 0.0878. The van der Waals surface area contributed by atoms with Gasteiger partial charge in [-0.3, -0.25) is 0 Å². The van der Waals surface area contributed by atoms with Gasteiger partial charge in [0.25, 0.3) is 0 Å². The fourth-order valence-corrected chi connectivity index (χ4v) is 2.28. The molecule has 0 atom stereocenters. The molecule has 2 rings (SSSR count). The molecule has 1 aromatic heterocycles. The highest BCUT2D eigenvalue weighted by molar-refractivity contribution is 7.89. The zero-order chi connectivity index (χ0) is 15.3. The lowest BCUT2D eigenvalue weighted by atomic mass is 10.2. The first-order valence-corrected chi connectivity index (χ1v) is 8.06. The van der Waals surface area contributed by atoms with Crippen LogP contribution in [0.1, 0.15) is 11.3 Å². The molecule has 0 fully saturated rings. The fourth-order valence-electron chi connectivity index (χ4n) is 1.62. The SMILES string of the molecule is NS(=O)(=O)c1ccc(CNC(=S)NCc2ccco2)cc1. The van der Waals surface area contributed by atoms with Crippen molar-refractivity contribution in [3.63, 3.8) is 0 Å². The Morgan fingerprint density at radius 3 is 2.38 bits per heavy atom. The van der Waals surface area contributed by atoms with E-state index < -0.39 is 10.0 Å². The molecule has 0 saturated carbocycles. The molecule has 8 heteroatoms. The van der Waals surface area contributed by atoms with E-state index in [9.17, 15) is 8.42 Å². The van der Waals surface area contributed by atoms with Crippen LogP contribution in [0.4, 0.5) is 0 Å². The summed E-state index contributed by atoms with van der Waals surface area (Å²) in [6, 6.07) is 9.95. The lowest BCUT2D eigenvalue weighted by Gasteiger charge is -2.09. The molecule has 4 N–H and O–H groups in total. The van der Waals surface area contributed by atoms with Gasteiger partial charge in [-0.15, -0.1) is 0 Å². The van der Waals surface area contributed by atoms with E-state index in [2.05, 4.69) is 10.6 Å². The molecule has 6 nitrogen and oxygen atoms in total. The molecular weight excluding hydrogens is 310 g/mol. The number of benzene rings is 1. The van der Waals surface area contributed by atoms with Crippen molar-refractivity contribution in [3.8, 4) is 0 Å². The third-order valence-corrected chi connectivity index (χ3v) is 3.93. The standard InChI is InChI=1S/C13H15N3O3S2/c14-21(17,18)12-5-3-10(4-6-12)8-15-13(20)16-9-11-2-1-7-19-11/h1-7H,8-9H2,(H2,14,17,18)(H2,15,16,20). The third kappa shape index (κ3) is 4.85. The van der Waals surface area contributed by atoms with E-state index in [0.717, 1.165) is 11.3 Å². The van der Waals surface area contributed by atoms with Crippen LogP contribution in [0.15, 0.2) is 52.0 Å². The van der Waals surface area contributed by atoms with Gasteiger partial charge < -0.3 is 15.1 Å².